The van der Waals surface area contributed by atoms with Gasteiger partial charge in [-0.2, -0.15) is 0 Å². The van der Waals surface area contributed by atoms with Gasteiger partial charge in [0.25, 0.3) is 0 Å². The molecule has 0 aliphatic carbocycles. The van der Waals surface area contributed by atoms with Crippen LogP contribution >= 0.6 is 0 Å². The van der Waals surface area contributed by atoms with Gasteiger partial charge in [-0.25, -0.2) is 0 Å². The number of nitrogens with zero attached hydrogens (tertiary/aromatic N) is 3. The van der Waals surface area contributed by atoms with E-state index >= 15 is 0 Å². The summed E-state index contributed by atoms with van der Waals surface area (Å²) in [5, 5.41) is 7.04. The first kappa shape index (κ1) is 19.1. The maximum absolute atomic E-state index is 12.5. The Hall–Kier alpha value is -2.70. The van der Waals surface area contributed by atoms with E-state index < -0.39 is 0 Å². The third-order valence-electron chi connectivity index (χ3n) is 5.07. The Morgan fingerprint density at radius 1 is 1.37 bits per heavy atom. The Morgan fingerprint density at radius 2 is 2.22 bits per heavy atom. The van der Waals surface area contributed by atoms with Gasteiger partial charge < -0.3 is 14.7 Å². The number of amides is 2. The number of nitrogens with one attached hydrogen (secondary N) is 1. The van der Waals surface area contributed by atoms with Crippen molar-refractivity contribution in [3.05, 3.63) is 47.1 Å². The third kappa shape index (κ3) is 5.15. The number of hydrogen-bond donors (Lipinski definition) is 1. The van der Waals surface area contributed by atoms with Crippen LogP contribution in [0.1, 0.15) is 48.3 Å². The van der Waals surface area contributed by atoms with Crippen LogP contribution in [0.4, 0.5) is 0 Å². The molecule has 1 saturated heterocycles. The maximum atomic E-state index is 12.5. The zero-order chi connectivity index (χ0) is 19.2. The molecule has 7 nitrogen and oxygen atoms in total. The highest BCUT2D eigenvalue weighted by Gasteiger charge is 2.25. The monoisotopic (exact) mass is 370 g/mol. The Kier molecular flexibility index (Phi) is 6.21. The van der Waals surface area contributed by atoms with Crippen LogP contribution in [0.25, 0.3) is 0 Å². The summed E-state index contributed by atoms with van der Waals surface area (Å²) < 4.78 is 5.19. The molecular formula is C20H26N4O3. The van der Waals surface area contributed by atoms with Gasteiger partial charge in [0, 0.05) is 43.4 Å². The Morgan fingerprint density at radius 3 is 2.93 bits per heavy atom. The van der Waals surface area contributed by atoms with Gasteiger partial charge in [0.2, 0.25) is 11.8 Å². The van der Waals surface area contributed by atoms with Crippen LogP contribution in [0.2, 0.25) is 0 Å². The Bertz CT molecular complexity index is 768. The van der Waals surface area contributed by atoms with Crippen molar-refractivity contribution in [3.63, 3.8) is 0 Å². The molecule has 2 aromatic rings. The summed E-state index contributed by atoms with van der Waals surface area (Å²) in [5.74, 6) is 0.891. The lowest BCUT2D eigenvalue weighted by Crippen LogP contribution is -2.36. The number of aryl methyl sites for hydroxylation is 3. The standard InChI is InChI=1S/C20H26N4O3/c1-14-18(15(2)27-23-14)13-24-11-9-17(6-8-20(24)26)22-19(25)7-5-16-4-3-10-21-12-16/h3-4,10,12,17H,5-9,11,13H2,1-2H3,(H,22,25). The predicted molar refractivity (Wildman–Crippen MR) is 99.7 cm³/mol. The molecule has 1 fully saturated rings. The summed E-state index contributed by atoms with van der Waals surface area (Å²) in [6.45, 7) is 4.89. The molecule has 0 bridgehead atoms. The Labute approximate surface area is 159 Å². The summed E-state index contributed by atoms with van der Waals surface area (Å²) in [4.78, 5) is 30.6. The first-order chi connectivity index (χ1) is 13.0. The van der Waals surface area contributed by atoms with E-state index in [9.17, 15) is 9.59 Å². The summed E-state index contributed by atoms with van der Waals surface area (Å²) in [7, 11) is 0. The van der Waals surface area contributed by atoms with Gasteiger partial charge in [-0.1, -0.05) is 11.2 Å². The van der Waals surface area contributed by atoms with Crippen LogP contribution < -0.4 is 5.32 Å². The maximum Gasteiger partial charge on any atom is 0.222 e. The summed E-state index contributed by atoms with van der Waals surface area (Å²) in [5.41, 5.74) is 2.85. The highest BCUT2D eigenvalue weighted by molar-refractivity contribution is 5.78. The quantitative estimate of drug-likeness (QED) is 0.843. The normalized spacial score (nSPS) is 17.6. The van der Waals surface area contributed by atoms with Crippen molar-refractivity contribution in [2.75, 3.05) is 6.54 Å². The van der Waals surface area contributed by atoms with Crippen LogP contribution in [0.5, 0.6) is 0 Å². The average molecular weight is 370 g/mol. The molecule has 2 amide bonds. The number of rotatable bonds is 6. The van der Waals surface area contributed by atoms with Gasteiger partial charge in [0.05, 0.1) is 12.2 Å². The van der Waals surface area contributed by atoms with E-state index in [1.165, 1.54) is 0 Å². The molecule has 0 aromatic carbocycles. The molecule has 3 rings (SSSR count). The zero-order valence-corrected chi connectivity index (χ0v) is 15.9. The number of carbonyl (C=O) groups excluding carboxylic acids is 2. The zero-order valence-electron chi connectivity index (χ0n) is 15.9. The van der Waals surface area contributed by atoms with Gasteiger partial charge >= 0.3 is 0 Å². The lowest BCUT2D eigenvalue weighted by Gasteiger charge is -2.21. The van der Waals surface area contributed by atoms with Crippen molar-refractivity contribution in [3.8, 4) is 0 Å². The lowest BCUT2D eigenvalue weighted by atomic mass is 10.1. The number of likely N-dealkylation sites (tertiary alicyclic amines) is 1. The minimum Gasteiger partial charge on any atom is -0.361 e. The second-order valence-electron chi connectivity index (χ2n) is 7.07. The molecule has 0 saturated carbocycles. The van der Waals surface area contributed by atoms with Crippen LogP contribution in [0.15, 0.2) is 29.0 Å². The van der Waals surface area contributed by atoms with Gasteiger partial charge in [0.15, 0.2) is 0 Å². The van der Waals surface area contributed by atoms with E-state index in [0.29, 0.717) is 38.8 Å². The number of pyridine rings is 1. The van der Waals surface area contributed by atoms with Gasteiger partial charge in [-0.3, -0.25) is 14.6 Å². The van der Waals surface area contributed by atoms with Crippen molar-refractivity contribution in [2.45, 2.75) is 58.5 Å². The first-order valence-electron chi connectivity index (χ1n) is 9.40. The third-order valence-corrected chi connectivity index (χ3v) is 5.07. The van der Waals surface area contributed by atoms with Crippen molar-refractivity contribution in [2.24, 2.45) is 0 Å². The average Bonchev–Trinajstić information content (AvgIpc) is 2.88. The fraction of sp³-hybridized carbons (Fsp3) is 0.500. The number of carbonyl (C=O) groups is 2. The molecule has 2 aromatic heterocycles. The summed E-state index contributed by atoms with van der Waals surface area (Å²) >= 11 is 0. The molecule has 0 spiro atoms. The lowest BCUT2D eigenvalue weighted by molar-refractivity contribution is -0.131. The fourth-order valence-corrected chi connectivity index (χ4v) is 3.37. The van der Waals surface area contributed by atoms with Crippen molar-refractivity contribution < 1.29 is 14.1 Å². The molecule has 27 heavy (non-hydrogen) atoms. The van der Waals surface area contributed by atoms with Crippen LogP contribution in [-0.2, 0) is 22.6 Å². The van der Waals surface area contributed by atoms with Crippen LogP contribution in [0.3, 0.4) is 0 Å². The molecule has 1 aliphatic heterocycles. The van der Waals surface area contributed by atoms with E-state index in [-0.39, 0.29) is 17.9 Å². The molecule has 1 atom stereocenters. The van der Waals surface area contributed by atoms with Crippen molar-refractivity contribution in [1.82, 2.24) is 20.4 Å². The van der Waals surface area contributed by atoms with Crippen LogP contribution in [0, 0.1) is 13.8 Å². The smallest absolute Gasteiger partial charge is 0.222 e. The molecule has 144 valence electrons. The van der Waals surface area contributed by atoms with E-state index in [0.717, 1.165) is 29.0 Å². The number of aromatic nitrogens is 2. The van der Waals surface area contributed by atoms with Gasteiger partial charge in [-0.05, 0) is 44.7 Å². The van der Waals surface area contributed by atoms with Crippen molar-refractivity contribution >= 4 is 11.8 Å². The predicted octanol–water partition coefficient (Wildman–Crippen LogP) is 2.32. The molecular weight excluding hydrogens is 344 g/mol. The molecule has 3 heterocycles. The topological polar surface area (TPSA) is 88.3 Å². The van der Waals surface area contributed by atoms with Gasteiger partial charge in [-0.15, -0.1) is 0 Å². The minimum atomic E-state index is 0.0236. The molecule has 1 aliphatic rings. The summed E-state index contributed by atoms with van der Waals surface area (Å²) in [6, 6.07) is 3.87. The molecule has 7 heteroatoms. The van der Waals surface area contributed by atoms with Gasteiger partial charge in [0.1, 0.15) is 5.76 Å². The Balaban J connectivity index is 1.50. The van der Waals surface area contributed by atoms with E-state index in [1.54, 1.807) is 12.4 Å². The first-order valence-corrected chi connectivity index (χ1v) is 9.40. The highest BCUT2D eigenvalue weighted by atomic mass is 16.5. The minimum absolute atomic E-state index is 0.0236. The van der Waals surface area contributed by atoms with E-state index in [4.69, 9.17) is 4.52 Å². The number of hydrogen-bond acceptors (Lipinski definition) is 5. The second kappa shape index (κ2) is 8.79. The second-order valence-corrected chi connectivity index (χ2v) is 7.07. The highest BCUT2D eigenvalue weighted by Crippen LogP contribution is 2.19. The van der Waals surface area contributed by atoms with Crippen molar-refractivity contribution in [1.29, 1.82) is 0 Å². The largest absolute Gasteiger partial charge is 0.361 e. The summed E-state index contributed by atoms with van der Waals surface area (Å²) in [6.07, 6.45) is 6.48. The fourth-order valence-electron chi connectivity index (χ4n) is 3.37. The SMILES string of the molecule is Cc1noc(C)c1CN1CCC(NC(=O)CCc2cccnc2)CCC1=O. The van der Waals surface area contributed by atoms with E-state index in [2.05, 4.69) is 15.5 Å². The molecule has 1 N–H and O–H groups in total. The van der Waals surface area contributed by atoms with Crippen LogP contribution in [-0.4, -0.2) is 39.4 Å². The molecule has 1 unspecified atom stereocenters. The molecule has 0 radical (unpaired) electrons. The van der Waals surface area contributed by atoms with E-state index in [1.807, 2.05) is 30.9 Å².